The molecule has 23 heavy (non-hydrogen) atoms. The third-order valence-corrected chi connectivity index (χ3v) is 4.36. The molecule has 0 saturated heterocycles. The minimum Gasteiger partial charge on any atom is -0.490 e. The van der Waals surface area contributed by atoms with Crippen LogP contribution in [0, 0.1) is 0 Å². The van der Waals surface area contributed by atoms with Crippen LogP contribution in [0.5, 0.6) is 11.5 Å². The van der Waals surface area contributed by atoms with E-state index in [2.05, 4.69) is 21.2 Å². The first-order chi connectivity index (χ1) is 10.7. The van der Waals surface area contributed by atoms with Crippen LogP contribution in [-0.4, -0.2) is 24.9 Å². The van der Waals surface area contributed by atoms with Crippen LogP contribution in [-0.2, 0) is 13.2 Å². The molecule has 2 aromatic rings. The summed E-state index contributed by atoms with van der Waals surface area (Å²) in [4.78, 5) is 1.17. The van der Waals surface area contributed by atoms with E-state index in [0.717, 1.165) is 21.5 Å². The van der Waals surface area contributed by atoms with E-state index >= 15 is 0 Å². The van der Waals surface area contributed by atoms with Crippen molar-refractivity contribution in [3.05, 3.63) is 44.6 Å². The van der Waals surface area contributed by atoms with Crippen LogP contribution >= 0.6 is 39.7 Å². The van der Waals surface area contributed by atoms with Gasteiger partial charge in [0, 0.05) is 18.0 Å². The zero-order valence-corrected chi connectivity index (χ0v) is 16.1. The van der Waals surface area contributed by atoms with Gasteiger partial charge in [0.25, 0.3) is 0 Å². The minimum absolute atomic E-state index is 0. The molecule has 128 valence electrons. The average Bonchev–Trinajstić information content (AvgIpc) is 3.00. The summed E-state index contributed by atoms with van der Waals surface area (Å²) >= 11 is 5.23. The molecule has 0 bridgehead atoms. The molecule has 7 heteroatoms. The second kappa shape index (κ2) is 10.9. The molecular weight excluding hydrogens is 402 g/mol. The van der Waals surface area contributed by atoms with Crippen molar-refractivity contribution >= 4 is 39.7 Å². The fourth-order valence-electron chi connectivity index (χ4n) is 1.98. The highest BCUT2D eigenvalue weighted by atomic mass is 79.9. The average molecular weight is 423 g/mol. The van der Waals surface area contributed by atoms with Crippen molar-refractivity contribution in [3.8, 4) is 11.5 Å². The highest BCUT2D eigenvalue weighted by Crippen LogP contribution is 2.37. The smallest absolute Gasteiger partial charge is 0.175 e. The van der Waals surface area contributed by atoms with Gasteiger partial charge in [0.1, 0.15) is 6.61 Å². The lowest BCUT2D eigenvalue weighted by Crippen LogP contribution is -2.17. The Bertz CT molecular complexity index is 581. The summed E-state index contributed by atoms with van der Waals surface area (Å²) in [6.07, 6.45) is 0. The monoisotopic (exact) mass is 421 g/mol. The summed E-state index contributed by atoms with van der Waals surface area (Å²) in [5.74, 6) is 1.45. The third kappa shape index (κ3) is 6.31. The standard InChI is InChI=1S/C16H20BrNO3S.ClH/c1-2-20-15-9-12(10-18-5-6-19)8-14(17)16(15)21-11-13-4-3-7-22-13;/h3-4,7-9,18-19H,2,5-6,10-11H2,1H3;1H. The van der Waals surface area contributed by atoms with E-state index in [1.165, 1.54) is 4.88 Å². The molecule has 0 unspecified atom stereocenters. The molecule has 0 aliphatic rings. The molecule has 0 aliphatic heterocycles. The van der Waals surface area contributed by atoms with Crippen molar-refractivity contribution in [2.75, 3.05) is 19.8 Å². The van der Waals surface area contributed by atoms with Gasteiger partial charge in [-0.15, -0.1) is 23.7 Å². The normalized spacial score (nSPS) is 10.2. The number of benzene rings is 1. The molecule has 2 rings (SSSR count). The summed E-state index contributed by atoms with van der Waals surface area (Å²) in [7, 11) is 0. The molecule has 0 fully saturated rings. The first-order valence-electron chi connectivity index (χ1n) is 7.16. The second-order valence-electron chi connectivity index (χ2n) is 4.61. The summed E-state index contributed by atoms with van der Waals surface area (Å²) in [6.45, 7) is 4.42. The van der Waals surface area contributed by atoms with Crippen LogP contribution in [0.4, 0.5) is 0 Å². The van der Waals surface area contributed by atoms with Crippen LogP contribution < -0.4 is 14.8 Å². The molecule has 0 radical (unpaired) electrons. The minimum atomic E-state index is 0. The summed E-state index contributed by atoms with van der Waals surface area (Å²) in [5, 5.41) is 14.0. The van der Waals surface area contributed by atoms with Gasteiger partial charge in [0.2, 0.25) is 0 Å². The Morgan fingerprint density at radius 3 is 2.78 bits per heavy atom. The van der Waals surface area contributed by atoms with E-state index in [4.69, 9.17) is 14.6 Å². The van der Waals surface area contributed by atoms with Crippen LogP contribution in [0.1, 0.15) is 17.4 Å². The SMILES string of the molecule is CCOc1cc(CNCCO)cc(Br)c1OCc1cccs1.Cl. The van der Waals surface area contributed by atoms with Crippen LogP contribution in [0.2, 0.25) is 0 Å². The first-order valence-corrected chi connectivity index (χ1v) is 8.83. The molecule has 1 heterocycles. The second-order valence-corrected chi connectivity index (χ2v) is 6.49. The van der Waals surface area contributed by atoms with Crippen molar-refractivity contribution in [2.24, 2.45) is 0 Å². The summed E-state index contributed by atoms with van der Waals surface area (Å²) < 4.78 is 12.5. The van der Waals surface area contributed by atoms with Gasteiger partial charge >= 0.3 is 0 Å². The number of ether oxygens (including phenoxy) is 2. The Morgan fingerprint density at radius 2 is 2.13 bits per heavy atom. The molecule has 0 saturated carbocycles. The number of halogens is 2. The molecule has 0 amide bonds. The predicted molar refractivity (Wildman–Crippen MR) is 100 cm³/mol. The Kier molecular flexibility index (Phi) is 9.59. The van der Waals surface area contributed by atoms with Crippen molar-refractivity contribution in [1.82, 2.24) is 5.32 Å². The highest BCUT2D eigenvalue weighted by molar-refractivity contribution is 9.10. The maximum absolute atomic E-state index is 8.83. The summed E-state index contributed by atoms with van der Waals surface area (Å²) in [6, 6.07) is 8.04. The van der Waals surface area contributed by atoms with Gasteiger partial charge in [-0.3, -0.25) is 0 Å². The molecule has 2 N–H and O–H groups in total. The topological polar surface area (TPSA) is 50.7 Å². The van der Waals surface area contributed by atoms with Crippen LogP contribution in [0.15, 0.2) is 34.1 Å². The fourth-order valence-corrected chi connectivity index (χ4v) is 3.20. The number of thiophene rings is 1. The van der Waals surface area contributed by atoms with E-state index in [9.17, 15) is 0 Å². The number of aliphatic hydroxyl groups excluding tert-OH is 1. The highest BCUT2D eigenvalue weighted by Gasteiger charge is 2.12. The van der Waals surface area contributed by atoms with Gasteiger partial charge in [-0.2, -0.15) is 0 Å². The van der Waals surface area contributed by atoms with Crippen LogP contribution in [0.3, 0.4) is 0 Å². The molecular formula is C16H21BrClNO3S. The number of aliphatic hydroxyl groups is 1. The van der Waals surface area contributed by atoms with Crippen molar-refractivity contribution < 1.29 is 14.6 Å². The zero-order chi connectivity index (χ0) is 15.8. The third-order valence-electron chi connectivity index (χ3n) is 2.93. The lowest BCUT2D eigenvalue weighted by atomic mass is 10.2. The lowest BCUT2D eigenvalue weighted by Gasteiger charge is -2.15. The van der Waals surface area contributed by atoms with Gasteiger partial charge in [-0.05, 0) is 52.0 Å². The molecule has 0 atom stereocenters. The molecule has 1 aromatic heterocycles. The van der Waals surface area contributed by atoms with E-state index < -0.39 is 0 Å². The van der Waals surface area contributed by atoms with E-state index in [1.54, 1.807) is 11.3 Å². The molecule has 1 aromatic carbocycles. The van der Waals surface area contributed by atoms with Gasteiger partial charge in [0.05, 0.1) is 17.7 Å². The quantitative estimate of drug-likeness (QED) is 0.600. The zero-order valence-electron chi connectivity index (χ0n) is 12.9. The first kappa shape index (κ1) is 20.3. The van der Waals surface area contributed by atoms with Crippen LogP contribution in [0.25, 0.3) is 0 Å². The van der Waals surface area contributed by atoms with E-state index in [1.807, 2.05) is 36.6 Å². The van der Waals surface area contributed by atoms with E-state index in [0.29, 0.717) is 26.3 Å². The summed E-state index contributed by atoms with van der Waals surface area (Å²) in [5.41, 5.74) is 1.08. The van der Waals surface area contributed by atoms with Gasteiger partial charge < -0.3 is 19.9 Å². The predicted octanol–water partition coefficient (Wildman–Crippen LogP) is 3.99. The van der Waals surface area contributed by atoms with Gasteiger partial charge in [0.15, 0.2) is 11.5 Å². The van der Waals surface area contributed by atoms with E-state index in [-0.39, 0.29) is 19.0 Å². The largest absolute Gasteiger partial charge is 0.490 e. The van der Waals surface area contributed by atoms with Gasteiger partial charge in [-0.25, -0.2) is 0 Å². The van der Waals surface area contributed by atoms with Gasteiger partial charge in [-0.1, -0.05) is 6.07 Å². The number of hydrogen-bond acceptors (Lipinski definition) is 5. The number of rotatable bonds is 9. The Morgan fingerprint density at radius 1 is 1.30 bits per heavy atom. The van der Waals surface area contributed by atoms with Crippen molar-refractivity contribution in [1.29, 1.82) is 0 Å². The molecule has 0 aliphatic carbocycles. The Hall–Kier alpha value is -0.790. The van der Waals surface area contributed by atoms with Crippen molar-refractivity contribution in [3.63, 3.8) is 0 Å². The maximum atomic E-state index is 8.83. The number of nitrogens with one attached hydrogen (secondary N) is 1. The number of hydrogen-bond donors (Lipinski definition) is 2. The lowest BCUT2D eigenvalue weighted by molar-refractivity contribution is 0.269. The Labute approximate surface area is 155 Å². The Balaban J connectivity index is 0.00000264. The fraction of sp³-hybridized carbons (Fsp3) is 0.375. The molecule has 4 nitrogen and oxygen atoms in total. The van der Waals surface area contributed by atoms with Crippen molar-refractivity contribution in [2.45, 2.75) is 20.1 Å². The molecule has 0 spiro atoms. The maximum Gasteiger partial charge on any atom is 0.175 e.